The van der Waals surface area contributed by atoms with Gasteiger partial charge in [0.1, 0.15) is 0 Å². The lowest BCUT2D eigenvalue weighted by atomic mass is 9.91. The molecule has 2 fully saturated rings. The van der Waals surface area contributed by atoms with E-state index in [2.05, 4.69) is 22.6 Å². The van der Waals surface area contributed by atoms with E-state index in [-0.39, 0.29) is 6.03 Å². The molecule has 0 aromatic heterocycles. The van der Waals surface area contributed by atoms with E-state index in [0.717, 1.165) is 26.2 Å². The number of piperidine rings is 1. The summed E-state index contributed by atoms with van der Waals surface area (Å²) in [6, 6.07) is 0.459. The molecule has 2 saturated heterocycles. The molecule has 17 heavy (non-hydrogen) atoms. The lowest BCUT2D eigenvalue weighted by Crippen LogP contribution is -2.43. The summed E-state index contributed by atoms with van der Waals surface area (Å²) >= 11 is 0. The van der Waals surface area contributed by atoms with Gasteiger partial charge in [0, 0.05) is 26.2 Å². The number of amides is 2. The third kappa shape index (κ3) is 3.10. The van der Waals surface area contributed by atoms with Crippen molar-refractivity contribution in [3.05, 3.63) is 0 Å². The van der Waals surface area contributed by atoms with Gasteiger partial charge in [-0.25, -0.2) is 4.79 Å². The van der Waals surface area contributed by atoms with Crippen LogP contribution < -0.4 is 10.6 Å². The van der Waals surface area contributed by atoms with Gasteiger partial charge < -0.3 is 20.4 Å². The smallest absolute Gasteiger partial charge is 0.317 e. The van der Waals surface area contributed by atoms with Gasteiger partial charge in [0.15, 0.2) is 0 Å². The molecule has 0 aromatic carbocycles. The summed E-state index contributed by atoms with van der Waals surface area (Å²) in [5.41, 5.74) is 0. The van der Waals surface area contributed by atoms with Crippen LogP contribution in [0.3, 0.4) is 0 Å². The highest BCUT2D eigenvalue weighted by molar-refractivity contribution is 5.76. The minimum Gasteiger partial charge on any atom is -0.333 e. The van der Waals surface area contributed by atoms with Crippen molar-refractivity contribution < 1.29 is 4.79 Å². The Morgan fingerprint density at radius 1 is 1.47 bits per heavy atom. The van der Waals surface area contributed by atoms with Crippen LogP contribution in [-0.4, -0.2) is 68.7 Å². The summed E-state index contributed by atoms with van der Waals surface area (Å²) in [5.74, 6) is 0.622. The molecule has 0 aliphatic carbocycles. The molecule has 5 heteroatoms. The first-order chi connectivity index (χ1) is 8.20. The predicted molar refractivity (Wildman–Crippen MR) is 68.0 cm³/mol. The van der Waals surface area contributed by atoms with Crippen molar-refractivity contribution in [1.82, 2.24) is 20.4 Å². The van der Waals surface area contributed by atoms with Crippen LogP contribution in [0.5, 0.6) is 0 Å². The van der Waals surface area contributed by atoms with Crippen LogP contribution in [0.1, 0.15) is 12.8 Å². The fraction of sp³-hybridized carbons (Fsp3) is 0.917. The van der Waals surface area contributed by atoms with Crippen LogP contribution in [0, 0.1) is 5.92 Å². The van der Waals surface area contributed by atoms with Gasteiger partial charge in [0.05, 0.1) is 6.04 Å². The number of likely N-dealkylation sites (tertiary alicyclic amines) is 1. The van der Waals surface area contributed by atoms with Crippen molar-refractivity contribution in [3.8, 4) is 0 Å². The molecule has 0 aromatic rings. The molecule has 2 aliphatic rings. The third-order valence-electron chi connectivity index (χ3n) is 3.87. The first kappa shape index (κ1) is 12.6. The average Bonchev–Trinajstić information content (AvgIpc) is 2.68. The van der Waals surface area contributed by atoms with E-state index in [1.807, 2.05) is 11.9 Å². The Hall–Kier alpha value is -0.810. The highest BCUT2D eigenvalue weighted by Crippen LogP contribution is 2.22. The Morgan fingerprint density at radius 2 is 2.29 bits per heavy atom. The highest BCUT2D eigenvalue weighted by atomic mass is 16.2. The van der Waals surface area contributed by atoms with E-state index in [0.29, 0.717) is 12.0 Å². The number of rotatable bonds is 4. The van der Waals surface area contributed by atoms with E-state index in [4.69, 9.17) is 0 Å². The normalized spacial score (nSPS) is 30.7. The number of hydrogen-bond acceptors (Lipinski definition) is 3. The van der Waals surface area contributed by atoms with Gasteiger partial charge >= 0.3 is 6.03 Å². The molecule has 0 radical (unpaired) electrons. The van der Waals surface area contributed by atoms with Crippen LogP contribution in [-0.2, 0) is 0 Å². The van der Waals surface area contributed by atoms with Crippen LogP contribution in [0.15, 0.2) is 0 Å². The fourth-order valence-corrected chi connectivity index (χ4v) is 2.86. The molecule has 2 rings (SSSR count). The first-order valence-corrected chi connectivity index (χ1v) is 6.59. The minimum absolute atomic E-state index is 0.110. The average molecular weight is 240 g/mol. The topological polar surface area (TPSA) is 47.6 Å². The van der Waals surface area contributed by atoms with Crippen LogP contribution in [0.4, 0.5) is 4.79 Å². The molecule has 0 bridgehead atoms. The summed E-state index contributed by atoms with van der Waals surface area (Å²) in [5, 5.41) is 6.22. The largest absolute Gasteiger partial charge is 0.333 e. The molecule has 0 saturated carbocycles. The van der Waals surface area contributed by atoms with Crippen molar-refractivity contribution in [1.29, 1.82) is 0 Å². The predicted octanol–water partition coefficient (Wildman–Crippen LogP) is -0.0586. The number of urea groups is 1. The summed E-state index contributed by atoms with van der Waals surface area (Å²) < 4.78 is 0. The second-order valence-electron chi connectivity index (χ2n) is 5.27. The second kappa shape index (κ2) is 5.69. The lowest BCUT2D eigenvalue weighted by molar-refractivity contribution is 0.180. The molecule has 2 N–H and O–H groups in total. The van der Waals surface area contributed by atoms with E-state index in [1.165, 1.54) is 19.4 Å². The van der Waals surface area contributed by atoms with Crippen molar-refractivity contribution in [2.45, 2.75) is 18.9 Å². The van der Waals surface area contributed by atoms with E-state index in [9.17, 15) is 4.79 Å². The molecular weight excluding hydrogens is 216 g/mol. The zero-order valence-electron chi connectivity index (χ0n) is 10.9. The number of nitrogens with zero attached hydrogens (tertiary/aromatic N) is 2. The summed E-state index contributed by atoms with van der Waals surface area (Å²) in [6.07, 6.45) is 2.50. The summed E-state index contributed by atoms with van der Waals surface area (Å²) in [7, 11) is 4.09. The standard InChI is InChI=1S/C12H24N4O/c1-13-5-7-16-9-11(14-12(16)17)10-4-3-6-15(2)8-10/h10-11,13H,3-9H2,1-2H3,(H,14,17). The quantitative estimate of drug-likeness (QED) is 0.724. The molecule has 98 valence electrons. The Bertz CT molecular complexity index is 271. The summed E-state index contributed by atoms with van der Waals surface area (Å²) in [6.45, 7) is 4.86. The fourth-order valence-electron chi connectivity index (χ4n) is 2.86. The van der Waals surface area contributed by atoms with E-state index in [1.54, 1.807) is 0 Å². The number of likely N-dealkylation sites (N-methyl/N-ethyl adjacent to an activating group) is 1. The molecule has 0 spiro atoms. The Labute approximate surface area is 104 Å². The second-order valence-corrected chi connectivity index (χ2v) is 5.27. The monoisotopic (exact) mass is 240 g/mol. The number of hydrogen-bond donors (Lipinski definition) is 2. The molecular formula is C12H24N4O. The van der Waals surface area contributed by atoms with Gasteiger partial charge in [-0.05, 0) is 39.4 Å². The number of nitrogens with one attached hydrogen (secondary N) is 2. The minimum atomic E-state index is 0.110. The zero-order chi connectivity index (χ0) is 12.3. The van der Waals surface area contributed by atoms with Crippen LogP contribution >= 0.6 is 0 Å². The number of carbonyl (C=O) groups excluding carboxylic acids is 1. The molecule has 2 unspecified atom stereocenters. The van der Waals surface area contributed by atoms with Gasteiger partial charge in [-0.3, -0.25) is 0 Å². The van der Waals surface area contributed by atoms with E-state index < -0.39 is 0 Å². The Morgan fingerprint density at radius 3 is 3.00 bits per heavy atom. The maximum absolute atomic E-state index is 11.8. The molecule has 5 nitrogen and oxygen atoms in total. The van der Waals surface area contributed by atoms with Crippen molar-refractivity contribution in [2.24, 2.45) is 5.92 Å². The first-order valence-electron chi connectivity index (χ1n) is 6.59. The van der Waals surface area contributed by atoms with Gasteiger partial charge in [-0.15, -0.1) is 0 Å². The Balaban J connectivity index is 1.85. The van der Waals surface area contributed by atoms with Crippen LogP contribution in [0.2, 0.25) is 0 Å². The van der Waals surface area contributed by atoms with Gasteiger partial charge in [0.25, 0.3) is 0 Å². The van der Waals surface area contributed by atoms with Crippen LogP contribution in [0.25, 0.3) is 0 Å². The maximum Gasteiger partial charge on any atom is 0.317 e. The lowest BCUT2D eigenvalue weighted by Gasteiger charge is -2.32. The molecule has 2 heterocycles. The third-order valence-corrected chi connectivity index (χ3v) is 3.87. The zero-order valence-corrected chi connectivity index (χ0v) is 10.9. The highest BCUT2D eigenvalue weighted by Gasteiger charge is 2.35. The molecule has 2 aliphatic heterocycles. The van der Waals surface area contributed by atoms with Gasteiger partial charge in [-0.1, -0.05) is 0 Å². The van der Waals surface area contributed by atoms with E-state index >= 15 is 0 Å². The van der Waals surface area contributed by atoms with Crippen molar-refractivity contribution in [2.75, 3.05) is 46.8 Å². The van der Waals surface area contributed by atoms with Gasteiger partial charge in [-0.2, -0.15) is 0 Å². The summed E-state index contributed by atoms with van der Waals surface area (Å²) in [4.78, 5) is 16.1. The maximum atomic E-state index is 11.8. The van der Waals surface area contributed by atoms with Gasteiger partial charge in [0.2, 0.25) is 0 Å². The SMILES string of the molecule is CNCCN1CC(C2CCCN(C)C2)NC1=O. The van der Waals surface area contributed by atoms with Crippen molar-refractivity contribution >= 4 is 6.03 Å². The molecule has 2 atom stereocenters. The number of carbonyl (C=O) groups is 1. The Kier molecular flexibility index (Phi) is 4.23. The van der Waals surface area contributed by atoms with Crippen molar-refractivity contribution in [3.63, 3.8) is 0 Å². The molecule has 2 amide bonds.